The lowest BCUT2D eigenvalue weighted by molar-refractivity contribution is 0.0308. The van der Waals surface area contributed by atoms with Gasteiger partial charge < -0.3 is 9.94 Å². The average molecular weight is 382 g/mol. The van der Waals surface area contributed by atoms with Crippen LogP contribution in [0.3, 0.4) is 0 Å². The van der Waals surface area contributed by atoms with Gasteiger partial charge in [-0.05, 0) is 36.1 Å². The Morgan fingerprint density at radius 2 is 2.07 bits per heavy atom. The normalized spacial score (nSPS) is 17.2. The van der Waals surface area contributed by atoms with Crippen molar-refractivity contribution in [2.24, 2.45) is 5.16 Å². The van der Waals surface area contributed by atoms with Crippen molar-refractivity contribution in [1.82, 2.24) is 4.90 Å². The number of oxime groups is 1. The Bertz CT molecular complexity index is 794. The summed E-state index contributed by atoms with van der Waals surface area (Å²) >= 11 is 0. The lowest BCUT2D eigenvalue weighted by Gasteiger charge is -2.27. The van der Waals surface area contributed by atoms with Crippen LogP contribution in [0.2, 0.25) is 0 Å². The van der Waals surface area contributed by atoms with E-state index in [1.54, 1.807) is 12.1 Å². The van der Waals surface area contributed by atoms with E-state index in [9.17, 15) is 9.50 Å². The van der Waals surface area contributed by atoms with Gasteiger partial charge in [0, 0.05) is 26.1 Å². The summed E-state index contributed by atoms with van der Waals surface area (Å²) in [5.41, 5.74) is 2.87. The Kier molecular flexibility index (Phi) is 7.34. The van der Waals surface area contributed by atoms with Crippen LogP contribution in [0.15, 0.2) is 72.4 Å². The minimum absolute atomic E-state index is 0.0876. The molecule has 1 aliphatic rings. The summed E-state index contributed by atoms with van der Waals surface area (Å²) < 4.78 is 13.6. The van der Waals surface area contributed by atoms with Crippen LogP contribution in [0.25, 0.3) is 0 Å². The molecular weight excluding hydrogens is 355 g/mol. The summed E-state index contributed by atoms with van der Waals surface area (Å²) in [7, 11) is 0. The maximum Gasteiger partial charge on any atom is 0.145 e. The number of halogens is 1. The Labute approximate surface area is 165 Å². The molecular formula is C23H27FN2O2. The topological polar surface area (TPSA) is 45.1 Å². The summed E-state index contributed by atoms with van der Waals surface area (Å²) in [6.45, 7) is 5.36. The zero-order valence-corrected chi connectivity index (χ0v) is 16.0. The first-order valence-electron chi connectivity index (χ1n) is 9.68. The Morgan fingerprint density at radius 1 is 1.25 bits per heavy atom. The van der Waals surface area contributed by atoms with E-state index in [4.69, 9.17) is 4.84 Å². The molecule has 0 saturated heterocycles. The SMILES string of the molecule is C=CCC[C@@H](O)CN(Cc1cccc(F)c1)C[C@@H]1CC(c2ccccc2)=NO1. The molecule has 0 amide bonds. The van der Waals surface area contributed by atoms with Gasteiger partial charge in [0.1, 0.15) is 11.9 Å². The van der Waals surface area contributed by atoms with Gasteiger partial charge in [-0.15, -0.1) is 6.58 Å². The fourth-order valence-corrected chi connectivity index (χ4v) is 3.41. The molecule has 0 bridgehead atoms. The maximum absolute atomic E-state index is 13.6. The standard InChI is InChI=1S/C23H27FN2O2/c1-2-3-12-21(27)16-26(15-18-8-7-11-20(24)13-18)17-22-14-23(25-28-22)19-9-5-4-6-10-19/h2,4-11,13,21-22,27H,1,3,12,14-17H2/t21-,22+/m1/s1. The summed E-state index contributed by atoms with van der Waals surface area (Å²) in [5.74, 6) is -0.253. The lowest BCUT2D eigenvalue weighted by atomic mass is 10.0. The van der Waals surface area contributed by atoms with E-state index in [0.717, 1.165) is 23.3 Å². The smallest absolute Gasteiger partial charge is 0.145 e. The van der Waals surface area contributed by atoms with E-state index in [2.05, 4.69) is 16.6 Å². The molecule has 2 aromatic carbocycles. The number of benzene rings is 2. The molecule has 1 N–H and O–H groups in total. The van der Waals surface area contributed by atoms with Crippen LogP contribution < -0.4 is 0 Å². The molecule has 3 rings (SSSR count). The van der Waals surface area contributed by atoms with Gasteiger partial charge in [0.05, 0.1) is 11.8 Å². The summed E-state index contributed by atoms with van der Waals surface area (Å²) in [5, 5.41) is 14.6. The van der Waals surface area contributed by atoms with Crippen LogP contribution in [-0.4, -0.2) is 41.0 Å². The molecule has 0 aliphatic carbocycles. The highest BCUT2D eigenvalue weighted by atomic mass is 19.1. The van der Waals surface area contributed by atoms with Crippen molar-refractivity contribution in [3.8, 4) is 0 Å². The highest BCUT2D eigenvalue weighted by Gasteiger charge is 2.25. The third kappa shape index (κ3) is 6.01. The number of rotatable bonds is 10. The molecule has 28 heavy (non-hydrogen) atoms. The largest absolute Gasteiger partial charge is 0.392 e. The number of hydrogen-bond donors (Lipinski definition) is 1. The van der Waals surface area contributed by atoms with Gasteiger partial charge in [-0.3, -0.25) is 4.90 Å². The maximum atomic E-state index is 13.6. The zero-order chi connectivity index (χ0) is 19.8. The Morgan fingerprint density at radius 3 is 2.82 bits per heavy atom. The van der Waals surface area contributed by atoms with E-state index in [0.29, 0.717) is 32.5 Å². The third-order valence-electron chi connectivity index (χ3n) is 4.77. The molecule has 0 aromatic heterocycles. The van der Waals surface area contributed by atoms with Crippen LogP contribution in [0.4, 0.5) is 4.39 Å². The van der Waals surface area contributed by atoms with E-state index >= 15 is 0 Å². The van der Waals surface area contributed by atoms with E-state index in [-0.39, 0.29) is 11.9 Å². The van der Waals surface area contributed by atoms with Crippen LogP contribution in [0, 0.1) is 5.82 Å². The Balaban J connectivity index is 1.62. The highest BCUT2D eigenvalue weighted by molar-refractivity contribution is 6.01. The minimum atomic E-state index is -0.470. The zero-order valence-electron chi connectivity index (χ0n) is 16.0. The molecule has 0 spiro atoms. The third-order valence-corrected chi connectivity index (χ3v) is 4.77. The monoisotopic (exact) mass is 382 g/mol. The van der Waals surface area contributed by atoms with Gasteiger partial charge in [0.15, 0.2) is 0 Å². The number of nitrogens with zero attached hydrogens (tertiary/aromatic N) is 2. The van der Waals surface area contributed by atoms with Crippen LogP contribution in [0.5, 0.6) is 0 Å². The number of aliphatic hydroxyl groups is 1. The van der Waals surface area contributed by atoms with Gasteiger partial charge >= 0.3 is 0 Å². The van der Waals surface area contributed by atoms with E-state index in [1.807, 2.05) is 36.4 Å². The van der Waals surface area contributed by atoms with E-state index in [1.165, 1.54) is 12.1 Å². The number of allylic oxidation sites excluding steroid dienone is 1. The molecule has 0 saturated carbocycles. The van der Waals surface area contributed by atoms with Crippen molar-refractivity contribution in [1.29, 1.82) is 0 Å². The Hall–Kier alpha value is -2.50. The summed E-state index contributed by atoms with van der Waals surface area (Å²) in [6.07, 6.45) is 3.38. The second-order valence-electron chi connectivity index (χ2n) is 7.18. The molecule has 5 heteroatoms. The quantitative estimate of drug-likeness (QED) is 0.628. The predicted molar refractivity (Wildman–Crippen MR) is 110 cm³/mol. The molecule has 0 radical (unpaired) electrons. The molecule has 1 heterocycles. The highest BCUT2D eigenvalue weighted by Crippen LogP contribution is 2.19. The average Bonchev–Trinajstić information content (AvgIpc) is 3.15. The first-order valence-corrected chi connectivity index (χ1v) is 9.68. The first kappa shape index (κ1) is 20.2. The molecule has 2 atom stereocenters. The first-order chi connectivity index (χ1) is 13.6. The van der Waals surface area contributed by atoms with Crippen molar-refractivity contribution >= 4 is 5.71 Å². The summed E-state index contributed by atoms with van der Waals surface area (Å²) in [4.78, 5) is 7.76. The molecule has 4 nitrogen and oxygen atoms in total. The van der Waals surface area contributed by atoms with Crippen molar-refractivity contribution in [2.45, 2.75) is 38.0 Å². The lowest BCUT2D eigenvalue weighted by Crippen LogP contribution is -2.37. The van der Waals surface area contributed by atoms with Crippen LogP contribution in [-0.2, 0) is 11.4 Å². The molecule has 148 valence electrons. The second-order valence-corrected chi connectivity index (χ2v) is 7.18. The van der Waals surface area contributed by atoms with Gasteiger partial charge in [-0.25, -0.2) is 4.39 Å². The van der Waals surface area contributed by atoms with Crippen LogP contribution >= 0.6 is 0 Å². The van der Waals surface area contributed by atoms with Crippen molar-refractivity contribution in [3.05, 3.63) is 84.2 Å². The fraction of sp³-hybridized carbons (Fsp3) is 0.348. The number of hydrogen-bond acceptors (Lipinski definition) is 4. The second kappa shape index (κ2) is 10.2. The molecule has 1 aliphatic heterocycles. The van der Waals surface area contributed by atoms with Crippen molar-refractivity contribution in [2.75, 3.05) is 13.1 Å². The van der Waals surface area contributed by atoms with Crippen LogP contribution in [0.1, 0.15) is 30.4 Å². The van der Waals surface area contributed by atoms with Crippen molar-refractivity contribution in [3.63, 3.8) is 0 Å². The molecule has 2 aromatic rings. The minimum Gasteiger partial charge on any atom is -0.392 e. The van der Waals surface area contributed by atoms with Gasteiger partial charge in [0.25, 0.3) is 0 Å². The van der Waals surface area contributed by atoms with Gasteiger partial charge in [0.2, 0.25) is 0 Å². The predicted octanol–water partition coefficient (Wildman–Crippen LogP) is 4.15. The van der Waals surface area contributed by atoms with Gasteiger partial charge in [-0.2, -0.15) is 0 Å². The summed E-state index contributed by atoms with van der Waals surface area (Å²) in [6, 6.07) is 16.6. The molecule has 0 unspecified atom stereocenters. The van der Waals surface area contributed by atoms with Crippen molar-refractivity contribution < 1.29 is 14.3 Å². The van der Waals surface area contributed by atoms with Gasteiger partial charge in [-0.1, -0.05) is 53.7 Å². The number of aliphatic hydroxyl groups excluding tert-OH is 1. The fourth-order valence-electron chi connectivity index (χ4n) is 3.41. The molecule has 0 fully saturated rings. The van der Waals surface area contributed by atoms with E-state index < -0.39 is 6.10 Å².